The Morgan fingerprint density at radius 3 is 2.54 bits per heavy atom. The van der Waals surface area contributed by atoms with Crippen molar-refractivity contribution in [2.24, 2.45) is 0 Å². The molecule has 0 bridgehead atoms. The van der Waals surface area contributed by atoms with E-state index in [0.717, 1.165) is 10.6 Å². The summed E-state index contributed by atoms with van der Waals surface area (Å²) in [5, 5.41) is 5.59. The van der Waals surface area contributed by atoms with Crippen molar-refractivity contribution >= 4 is 50.5 Å². The number of benzene rings is 2. The summed E-state index contributed by atoms with van der Waals surface area (Å²) in [6.45, 7) is 0. The lowest BCUT2D eigenvalue weighted by atomic mass is 10.1. The molecule has 3 rings (SSSR count). The monoisotopic (exact) mass is 393 g/mol. The molecule has 7 nitrogen and oxygen atoms in total. The second-order valence-corrected chi connectivity index (χ2v) is 8.08. The number of rotatable bonds is 4. The summed E-state index contributed by atoms with van der Waals surface area (Å²) >= 11 is 6.01. The molecule has 0 spiro atoms. The second-order valence-electron chi connectivity index (χ2n) is 5.81. The van der Waals surface area contributed by atoms with Gasteiger partial charge in [0.05, 0.1) is 34.8 Å². The van der Waals surface area contributed by atoms with Crippen molar-refractivity contribution in [1.82, 2.24) is 0 Å². The van der Waals surface area contributed by atoms with Gasteiger partial charge in [0.1, 0.15) is 6.04 Å². The van der Waals surface area contributed by atoms with Crippen molar-refractivity contribution in [2.45, 2.75) is 12.5 Å². The van der Waals surface area contributed by atoms with Gasteiger partial charge in [-0.15, -0.1) is 0 Å². The Balaban J connectivity index is 1.89. The first-order valence-corrected chi connectivity index (χ1v) is 9.93. The Morgan fingerprint density at radius 2 is 1.85 bits per heavy atom. The van der Waals surface area contributed by atoms with Crippen LogP contribution < -0.4 is 14.9 Å². The summed E-state index contributed by atoms with van der Waals surface area (Å²) in [7, 11) is -3.78. The molecule has 1 aliphatic heterocycles. The highest BCUT2D eigenvalue weighted by Gasteiger charge is 2.39. The molecule has 1 heterocycles. The van der Waals surface area contributed by atoms with E-state index >= 15 is 0 Å². The Bertz CT molecular complexity index is 977. The van der Waals surface area contributed by atoms with Crippen LogP contribution in [-0.4, -0.2) is 32.5 Å². The molecule has 0 fully saturated rings. The lowest BCUT2D eigenvalue weighted by Gasteiger charge is -2.35. The zero-order valence-electron chi connectivity index (χ0n) is 13.8. The summed E-state index contributed by atoms with van der Waals surface area (Å²) in [5.41, 5.74) is 1.09. The van der Waals surface area contributed by atoms with Crippen LogP contribution in [0.15, 0.2) is 48.5 Å². The van der Waals surface area contributed by atoms with Crippen LogP contribution in [-0.2, 0) is 19.6 Å². The normalized spacial score (nSPS) is 16.6. The molecule has 136 valence electrons. The third kappa shape index (κ3) is 3.66. The smallest absolute Gasteiger partial charge is 0.248 e. The number of nitrogens with zero attached hydrogens (tertiary/aromatic N) is 1. The molecular formula is C17H16ClN3O4S. The lowest BCUT2D eigenvalue weighted by molar-refractivity contribution is -0.122. The van der Waals surface area contributed by atoms with Gasteiger partial charge in [0.2, 0.25) is 21.8 Å². The molecule has 2 aromatic rings. The number of carbonyl (C=O) groups excluding carboxylic acids is 2. The van der Waals surface area contributed by atoms with E-state index in [4.69, 9.17) is 11.6 Å². The maximum atomic E-state index is 12.4. The minimum absolute atomic E-state index is 0.324. The van der Waals surface area contributed by atoms with Gasteiger partial charge >= 0.3 is 0 Å². The third-order valence-electron chi connectivity index (χ3n) is 3.87. The number of anilines is 3. The van der Waals surface area contributed by atoms with Crippen molar-refractivity contribution in [3.63, 3.8) is 0 Å². The van der Waals surface area contributed by atoms with Gasteiger partial charge in [0.25, 0.3) is 0 Å². The van der Waals surface area contributed by atoms with E-state index < -0.39 is 27.9 Å². The standard InChI is InChI=1S/C17H16ClN3O4S/c1-26(24,25)21-14-9-5-4-8-13(14)20-17(23)15(21)10-16(22)19-12-7-3-2-6-11(12)18/h2-9,15H,10H2,1H3,(H,19,22)(H,20,23). The van der Waals surface area contributed by atoms with Gasteiger partial charge in [-0.2, -0.15) is 0 Å². The van der Waals surface area contributed by atoms with Gasteiger partial charge in [-0.25, -0.2) is 8.42 Å². The maximum Gasteiger partial charge on any atom is 0.248 e. The van der Waals surface area contributed by atoms with Crippen molar-refractivity contribution in [2.75, 3.05) is 21.2 Å². The molecule has 0 saturated carbocycles. The quantitative estimate of drug-likeness (QED) is 0.834. The zero-order valence-corrected chi connectivity index (χ0v) is 15.3. The van der Waals surface area contributed by atoms with Crippen LogP contribution in [0, 0.1) is 0 Å². The molecule has 1 unspecified atom stereocenters. The van der Waals surface area contributed by atoms with Crippen molar-refractivity contribution < 1.29 is 18.0 Å². The SMILES string of the molecule is CS(=O)(=O)N1c2ccccc2NC(=O)C1CC(=O)Nc1ccccc1Cl. The fourth-order valence-electron chi connectivity index (χ4n) is 2.79. The molecule has 2 aromatic carbocycles. The van der Waals surface area contributed by atoms with Crippen LogP contribution in [0.3, 0.4) is 0 Å². The molecule has 0 saturated heterocycles. The van der Waals surface area contributed by atoms with E-state index in [2.05, 4.69) is 10.6 Å². The minimum atomic E-state index is -3.78. The molecule has 2 N–H and O–H groups in total. The molecule has 0 aromatic heterocycles. The first-order chi connectivity index (χ1) is 12.3. The highest BCUT2D eigenvalue weighted by atomic mass is 35.5. The van der Waals surface area contributed by atoms with E-state index in [9.17, 15) is 18.0 Å². The fraction of sp³-hybridized carbons (Fsp3) is 0.176. The highest BCUT2D eigenvalue weighted by molar-refractivity contribution is 7.92. The lowest BCUT2D eigenvalue weighted by Crippen LogP contribution is -2.52. The van der Waals surface area contributed by atoms with Crippen LogP contribution in [0.4, 0.5) is 17.1 Å². The molecule has 0 radical (unpaired) electrons. The first kappa shape index (κ1) is 18.2. The van der Waals surface area contributed by atoms with Gasteiger partial charge < -0.3 is 10.6 Å². The summed E-state index contributed by atoms with van der Waals surface area (Å²) in [6.07, 6.45) is 0.653. The van der Waals surface area contributed by atoms with Crippen LogP contribution in [0.5, 0.6) is 0 Å². The molecule has 9 heteroatoms. The van der Waals surface area contributed by atoms with Crippen LogP contribution in [0.2, 0.25) is 5.02 Å². The molecule has 2 amide bonds. The Morgan fingerprint density at radius 1 is 1.19 bits per heavy atom. The minimum Gasteiger partial charge on any atom is -0.325 e. The van der Waals surface area contributed by atoms with Crippen molar-refractivity contribution in [3.8, 4) is 0 Å². The summed E-state index contributed by atoms with van der Waals surface area (Å²) in [4.78, 5) is 24.8. The fourth-order valence-corrected chi connectivity index (χ4v) is 4.12. The van der Waals surface area contributed by atoms with Crippen LogP contribution >= 0.6 is 11.6 Å². The second kappa shape index (κ2) is 6.97. The average Bonchev–Trinajstić information content (AvgIpc) is 2.56. The molecule has 0 aliphatic carbocycles. The van der Waals surface area contributed by atoms with Crippen molar-refractivity contribution in [3.05, 3.63) is 53.6 Å². The van der Waals surface area contributed by atoms with E-state index in [0.29, 0.717) is 22.1 Å². The Hall–Kier alpha value is -2.58. The summed E-state index contributed by atoms with van der Waals surface area (Å²) in [5.74, 6) is -1.09. The largest absolute Gasteiger partial charge is 0.325 e. The van der Waals surface area contributed by atoms with Crippen LogP contribution in [0.1, 0.15) is 6.42 Å². The van der Waals surface area contributed by atoms with Gasteiger partial charge in [-0.3, -0.25) is 13.9 Å². The third-order valence-corrected chi connectivity index (χ3v) is 5.36. The number of sulfonamides is 1. The van der Waals surface area contributed by atoms with Crippen LogP contribution in [0.25, 0.3) is 0 Å². The average molecular weight is 394 g/mol. The Kier molecular flexibility index (Phi) is 4.88. The van der Waals surface area contributed by atoms with E-state index in [1.165, 1.54) is 0 Å². The number of hydrogen-bond donors (Lipinski definition) is 2. The number of halogens is 1. The topological polar surface area (TPSA) is 95.6 Å². The highest BCUT2D eigenvalue weighted by Crippen LogP contribution is 2.34. The number of amides is 2. The number of carbonyl (C=O) groups is 2. The van der Waals surface area contributed by atoms with Gasteiger partial charge in [-0.05, 0) is 24.3 Å². The number of fused-ring (bicyclic) bond motifs is 1. The maximum absolute atomic E-state index is 12.4. The molecule has 1 atom stereocenters. The zero-order chi connectivity index (χ0) is 18.9. The van der Waals surface area contributed by atoms with Gasteiger partial charge in [0.15, 0.2) is 0 Å². The van der Waals surface area contributed by atoms with E-state index in [1.807, 2.05) is 0 Å². The predicted octanol–water partition coefficient (Wildman–Crippen LogP) is 2.46. The van der Waals surface area contributed by atoms with Crippen molar-refractivity contribution in [1.29, 1.82) is 0 Å². The Labute approximate surface area is 156 Å². The van der Waals surface area contributed by atoms with E-state index in [1.54, 1.807) is 48.5 Å². The number of hydrogen-bond acceptors (Lipinski definition) is 4. The number of para-hydroxylation sites is 3. The van der Waals surface area contributed by atoms with Gasteiger partial charge in [0, 0.05) is 0 Å². The molecule has 26 heavy (non-hydrogen) atoms. The molecule has 1 aliphatic rings. The van der Waals surface area contributed by atoms with Gasteiger partial charge in [-0.1, -0.05) is 35.9 Å². The predicted molar refractivity (Wildman–Crippen MR) is 101 cm³/mol. The summed E-state index contributed by atoms with van der Waals surface area (Å²) in [6, 6.07) is 12.0. The van der Waals surface area contributed by atoms with E-state index in [-0.39, 0.29) is 6.42 Å². The number of nitrogens with one attached hydrogen (secondary N) is 2. The molecular weight excluding hydrogens is 378 g/mol. The summed E-state index contributed by atoms with van der Waals surface area (Å²) < 4.78 is 25.6. The first-order valence-electron chi connectivity index (χ1n) is 7.71.